The second-order valence-corrected chi connectivity index (χ2v) is 10.7. The number of ketones is 2. The number of nitrogens with one attached hydrogen (secondary N) is 2. The number of dihydropyridines is 1. The van der Waals surface area contributed by atoms with Crippen LogP contribution in [0.5, 0.6) is 11.5 Å². The molecule has 1 heterocycles. The highest BCUT2D eigenvalue weighted by Gasteiger charge is 2.40. The van der Waals surface area contributed by atoms with Gasteiger partial charge in [-0.05, 0) is 97.2 Å². The van der Waals surface area contributed by atoms with E-state index in [0.717, 1.165) is 42.6 Å². The topological polar surface area (TPSA) is 93.7 Å². The highest BCUT2D eigenvalue weighted by molar-refractivity contribution is 14.1. The van der Waals surface area contributed by atoms with Crippen molar-refractivity contribution in [1.82, 2.24) is 5.32 Å². The third kappa shape index (κ3) is 5.34. The van der Waals surface area contributed by atoms with Crippen molar-refractivity contribution < 1.29 is 28.2 Å². The number of Topliss-reactive ketones (excluding diaryl/α,β-unsaturated/α-hetero) is 2. The number of hydrogen-bond acceptors (Lipinski definition) is 6. The van der Waals surface area contributed by atoms with Crippen molar-refractivity contribution in [3.05, 3.63) is 73.9 Å². The van der Waals surface area contributed by atoms with Gasteiger partial charge in [-0.2, -0.15) is 0 Å². The van der Waals surface area contributed by atoms with Crippen LogP contribution < -0.4 is 20.1 Å². The molecule has 9 heteroatoms. The molecule has 0 unspecified atom stereocenters. The molecular weight excluding hydrogens is 602 g/mol. The Labute approximate surface area is 234 Å². The molecular formula is C29H28FIN2O5. The monoisotopic (exact) mass is 630 g/mol. The van der Waals surface area contributed by atoms with Gasteiger partial charge in [0.25, 0.3) is 5.91 Å². The zero-order chi connectivity index (χ0) is 26.8. The van der Waals surface area contributed by atoms with Crippen LogP contribution in [0.15, 0.2) is 58.9 Å². The van der Waals surface area contributed by atoms with Gasteiger partial charge in [0, 0.05) is 47.0 Å². The van der Waals surface area contributed by atoms with Crippen molar-refractivity contribution >= 4 is 45.8 Å². The van der Waals surface area contributed by atoms with E-state index in [1.807, 2.05) is 19.1 Å². The number of benzene rings is 2. The number of anilines is 1. The van der Waals surface area contributed by atoms with Gasteiger partial charge in [0.15, 0.2) is 29.7 Å². The number of amides is 1. The minimum atomic E-state index is -0.453. The summed E-state index contributed by atoms with van der Waals surface area (Å²) in [6.45, 7) is 1.94. The average Bonchev–Trinajstić information content (AvgIpc) is 2.89. The van der Waals surface area contributed by atoms with Gasteiger partial charge in [-0.15, -0.1) is 0 Å². The summed E-state index contributed by atoms with van der Waals surface area (Å²) >= 11 is 2.13. The largest absolute Gasteiger partial charge is 0.490 e. The number of carbonyl (C=O) groups excluding carboxylic acids is 3. The lowest BCUT2D eigenvalue weighted by molar-refractivity contribution is -0.118. The summed E-state index contributed by atoms with van der Waals surface area (Å²) in [5, 5.41) is 6.11. The molecule has 1 amide bonds. The fourth-order valence-corrected chi connectivity index (χ4v) is 6.12. The quantitative estimate of drug-likeness (QED) is 0.390. The second kappa shape index (κ2) is 11.3. The molecule has 0 fully saturated rings. The van der Waals surface area contributed by atoms with Crippen LogP contribution in [-0.4, -0.2) is 30.7 Å². The molecule has 5 rings (SSSR count). The highest BCUT2D eigenvalue weighted by atomic mass is 127. The van der Waals surface area contributed by atoms with Crippen LogP contribution in [0.4, 0.5) is 10.1 Å². The number of allylic oxidation sites excluding steroid dienone is 4. The first-order valence-corrected chi connectivity index (χ1v) is 13.9. The summed E-state index contributed by atoms with van der Waals surface area (Å²) in [5.41, 5.74) is 4.46. The van der Waals surface area contributed by atoms with Crippen LogP contribution in [0.3, 0.4) is 0 Å². The van der Waals surface area contributed by atoms with Gasteiger partial charge < -0.3 is 20.1 Å². The summed E-state index contributed by atoms with van der Waals surface area (Å²) in [5.74, 6) is -0.252. The predicted molar refractivity (Wildman–Crippen MR) is 148 cm³/mol. The van der Waals surface area contributed by atoms with Crippen LogP contribution in [0.25, 0.3) is 0 Å². The van der Waals surface area contributed by atoms with Crippen molar-refractivity contribution in [2.75, 3.05) is 18.5 Å². The van der Waals surface area contributed by atoms with E-state index < -0.39 is 11.8 Å². The maximum absolute atomic E-state index is 13.2. The summed E-state index contributed by atoms with van der Waals surface area (Å²) in [7, 11) is 0. The van der Waals surface area contributed by atoms with Crippen molar-refractivity contribution in [3.8, 4) is 11.5 Å². The zero-order valence-corrected chi connectivity index (χ0v) is 23.2. The van der Waals surface area contributed by atoms with Crippen LogP contribution >= 0.6 is 22.6 Å². The Balaban J connectivity index is 1.47. The van der Waals surface area contributed by atoms with Gasteiger partial charge in [0.05, 0.1) is 10.2 Å². The lowest BCUT2D eigenvalue weighted by Gasteiger charge is -2.37. The van der Waals surface area contributed by atoms with E-state index in [1.54, 1.807) is 0 Å². The first-order valence-electron chi connectivity index (χ1n) is 12.8. The van der Waals surface area contributed by atoms with Crippen molar-refractivity contribution in [2.45, 2.75) is 51.4 Å². The molecule has 3 aliphatic rings. The van der Waals surface area contributed by atoms with Gasteiger partial charge in [0.1, 0.15) is 5.82 Å². The molecule has 7 nitrogen and oxygen atoms in total. The SMILES string of the molecule is CCOc1cc(C2C3=C(CCCC3=O)NC3=C2C(=O)CCC3)cc(I)c1OCC(=O)Nc1ccc(F)cc1. The number of rotatable bonds is 7. The Morgan fingerprint density at radius 1 is 1.00 bits per heavy atom. The highest BCUT2D eigenvalue weighted by Crippen LogP contribution is 2.47. The number of carbonyl (C=O) groups is 3. The molecule has 0 saturated heterocycles. The first-order chi connectivity index (χ1) is 18.4. The molecule has 198 valence electrons. The molecule has 0 aromatic heterocycles. The van der Waals surface area contributed by atoms with Gasteiger partial charge in [0.2, 0.25) is 0 Å². The Hall–Kier alpha value is -3.21. The summed E-state index contributed by atoms with van der Waals surface area (Å²) in [6, 6.07) is 9.21. The fourth-order valence-electron chi connectivity index (χ4n) is 5.34. The van der Waals surface area contributed by atoms with Crippen LogP contribution in [0.1, 0.15) is 56.9 Å². The smallest absolute Gasteiger partial charge is 0.262 e. The van der Waals surface area contributed by atoms with E-state index >= 15 is 0 Å². The van der Waals surface area contributed by atoms with E-state index in [9.17, 15) is 18.8 Å². The Morgan fingerprint density at radius 3 is 2.24 bits per heavy atom. The van der Waals surface area contributed by atoms with E-state index in [1.165, 1.54) is 24.3 Å². The summed E-state index contributed by atoms with van der Waals surface area (Å²) in [6.07, 6.45) is 4.08. The number of ether oxygens (including phenoxy) is 2. The Morgan fingerprint density at radius 2 is 1.63 bits per heavy atom. The first kappa shape index (κ1) is 26.4. The minimum absolute atomic E-state index is 0.0689. The van der Waals surface area contributed by atoms with Crippen LogP contribution in [-0.2, 0) is 14.4 Å². The van der Waals surface area contributed by atoms with Gasteiger partial charge >= 0.3 is 0 Å². The molecule has 2 aromatic rings. The van der Waals surface area contributed by atoms with Crippen molar-refractivity contribution in [3.63, 3.8) is 0 Å². The summed E-state index contributed by atoms with van der Waals surface area (Å²) in [4.78, 5) is 38.8. The van der Waals surface area contributed by atoms with Gasteiger partial charge in [-0.1, -0.05) is 0 Å². The maximum Gasteiger partial charge on any atom is 0.262 e. The van der Waals surface area contributed by atoms with E-state index in [2.05, 4.69) is 33.2 Å². The Bertz CT molecular complexity index is 1320. The van der Waals surface area contributed by atoms with E-state index in [-0.39, 0.29) is 24.0 Å². The van der Waals surface area contributed by atoms with Gasteiger partial charge in [-0.3, -0.25) is 14.4 Å². The minimum Gasteiger partial charge on any atom is -0.490 e. The average molecular weight is 630 g/mol. The molecule has 2 N–H and O–H groups in total. The molecule has 0 atom stereocenters. The number of hydrogen-bond donors (Lipinski definition) is 2. The lowest BCUT2D eigenvalue weighted by atomic mass is 9.71. The van der Waals surface area contributed by atoms with Gasteiger partial charge in [-0.25, -0.2) is 4.39 Å². The molecule has 0 saturated carbocycles. The molecule has 2 aromatic carbocycles. The molecule has 38 heavy (non-hydrogen) atoms. The third-order valence-corrected chi connectivity index (χ3v) is 7.73. The Kier molecular flexibility index (Phi) is 7.83. The zero-order valence-electron chi connectivity index (χ0n) is 21.0. The molecule has 0 bridgehead atoms. The lowest BCUT2D eigenvalue weighted by Crippen LogP contribution is -2.36. The molecule has 0 radical (unpaired) electrons. The van der Waals surface area contributed by atoms with Crippen LogP contribution in [0, 0.1) is 9.39 Å². The number of halogens is 2. The normalized spacial score (nSPS) is 17.6. The standard InChI is InChI=1S/C29H28FIN2O5/c1-2-37-24-14-16(13-19(31)29(24)38-15-25(36)32-18-11-9-17(30)10-12-18)26-27-20(5-3-7-22(27)34)33-21-6-4-8-23(35)28(21)26/h9-14,26,33H,2-8,15H2,1H3,(H,32,36). The second-order valence-electron chi connectivity index (χ2n) is 9.50. The molecule has 0 spiro atoms. The fraction of sp³-hybridized carbons (Fsp3) is 0.345. The predicted octanol–water partition coefficient (Wildman–Crippen LogP) is 5.55. The summed E-state index contributed by atoms with van der Waals surface area (Å²) < 4.78 is 25.7. The molecule has 2 aliphatic carbocycles. The van der Waals surface area contributed by atoms with E-state index in [0.29, 0.717) is 51.4 Å². The van der Waals surface area contributed by atoms with Crippen molar-refractivity contribution in [1.29, 1.82) is 0 Å². The van der Waals surface area contributed by atoms with E-state index in [4.69, 9.17) is 9.47 Å². The maximum atomic E-state index is 13.2. The third-order valence-electron chi connectivity index (χ3n) is 6.93. The van der Waals surface area contributed by atoms with Crippen LogP contribution in [0.2, 0.25) is 0 Å². The van der Waals surface area contributed by atoms with Crippen molar-refractivity contribution in [2.24, 2.45) is 0 Å². The molecule has 1 aliphatic heterocycles.